The summed E-state index contributed by atoms with van der Waals surface area (Å²) in [5.41, 5.74) is 3.11. The number of carbonyl (C=O) groups is 1. The predicted octanol–water partition coefficient (Wildman–Crippen LogP) is 6.42. The van der Waals surface area contributed by atoms with Crippen molar-refractivity contribution in [2.24, 2.45) is 17.8 Å². The van der Waals surface area contributed by atoms with Gasteiger partial charge in [0.15, 0.2) is 5.76 Å². The van der Waals surface area contributed by atoms with Crippen LogP contribution in [0.5, 0.6) is 0 Å². The molecule has 0 aliphatic heterocycles. The smallest absolute Gasteiger partial charge is 0.287 e. The molecule has 0 unspecified atom stereocenters. The summed E-state index contributed by atoms with van der Waals surface area (Å²) in [6.45, 7) is 2.18. The minimum absolute atomic E-state index is 0.0585. The van der Waals surface area contributed by atoms with E-state index < -0.39 is 0 Å². The van der Waals surface area contributed by atoms with Gasteiger partial charge in [-0.3, -0.25) is 4.79 Å². The molecule has 5 rings (SSSR count). The van der Waals surface area contributed by atoms with E-state index in [2.05, 4.69) is 42.6 Å². The third-order valence-corrected chi connectivity index (χ3v) is 8.09. The lowest BCUT2D eigenvalue weighted by Gasteiger charge is -2.28. The molecule has 1 aromatic heterocycles. The first kappa shape index (κ1) is 19.7. The molecular weight excluding hydrogens is 390 g/mol. The van der Waals surface area contributed by atoms with E-state index in [1.165, 1.54) is 31.2 Å². The molecule has 30 heavy (non-hydrogen) atoms. The molecule has 2 aromatic carbocycles. The lowest BCUT2D eigenvalue weighted by molar-refractivity contribution is 0.0888. The Kier molecular flexibility index (Phi) is 5.60. The molecule has 2 bridgehead atoms. The third-order valence-electron chi connectivity index (χ3n) is 7.06. The number of hydrogen-bond donors (Lipinski definition) is 1. The maximum atomic E-state index is 13.2. The lowest BCUT2D eigenvalue weighted by Crippen LogP contribution is -2.40. The quantitative estimate of drug-likeness (QED) is 0.480. The summed E-state index contributed by atoms with van der Waals surface area (Å²) in [5.74, 6) is 4.41. The molecule has 0 radical (unpaired) electrons. The highest BCUT2D eigenvalue weighted by Crippen LogP contribution is 2.49. The van der Waals surface area contributed by atoms with Gasteiger partial charge in [-0.2, -0.15) is 11.8 Å². The normalized spacial score (nSPS) is 23.7. The summed E-state index contributed by atoms with van der Waals surface area (Å²) in [6, 6.07) is 18.7. The molecule has 4 heteroatoms. The van der Waals surface area contributed by atoms with Gasteiger partial charge in [-0.25, -0.2) is 0 Å². The SMILES string of the molecule is C[C@H](NC(=O)c1oc2ccccc2c1CSCc1ccccc1)[C@H]1C[C@H]2CC[C@H]1C2. The van der Waals surface area contributed by atoms with E-state index in [4.69, 9.17) is 4.42 Å². The Morgan fingerprint density at radius 3 is 2.63 bits per heavy atom. The highest BCUT2D eigenvalue weighted by molar-refractivity contribution is 7.97. The molecule has 2 saturated carbocycles. The number of para-hydroxylation sites is 1. The van der Waals surface area contributed by atoms with Gasteiger partial charge in [-0.1, -0.05) is 55.0 Å². The standard InChI is InChI=1S/C26H29NO2S/c1-17(22-14-19-11-12-20(22)13-19)27-26(28)25-23(21-9-5-6-10-24(21)29-25)16-30-15-18-7-3-2-4-8-18/h2-10,17,19-20,22H,11-16H2,1H3,(H,27,28)/t17-,19-,20-,22+/m0/s1. The minimum Gasteiger partial charge on any atom is -0.451 e. The van der Waals surface area contributed by atoms with E-state index in [1.807, 2.05) is 36.0 Å². The molecule has 156 valence electrons. The number of amides is 1. The van der Waals surface area contributed by atoms with Crippen LogP contribution in [-0.2, 0) is 11.5 Å². The van der Waals surface area contributed by atoms with Gasteiger partial charge in [-0.15, -0.1) is 0 Å². The largest absolute Gasteiger partial charge is 0.451 e. The molecule has 1 heterocycles. The number of furan rings is 1. The van der Waals surface area contributed by atoms with Gasteiger partial charge in [-0.05, 0) is 55.6 Å². The van der Waals surface area contributed by atoms with Crippen molar-refractivity contribution in [1.82, 2.24) is 5.32 Å². The zero-order valence-electron chi connectivity index (χ0n) is 17.5. The second kappa shape index (κ2) is 8.50. The van der Waals surface area contributed by atoms with Crippen molar-refractivity contribution in [1.29, 1.82) is 0 Å². The number of rotatable bonds is 7. The van der Waals surface area contributed by atoms with Crippen LogP contribution in [0, 0.1) is 17.8 Å². The highest BCUT2D eigenvalue weighted by Gasteiger charge is 2.42. The van der Waals surface area contributed by atoms with Crippen LogP contribution in [0.3, 0.4) is 0 Å². The molecule has 4 atom stereocenters. The molecule has 0 saturated heterocycles. The Balaban J connectivity index is 1.32. The number of fused-ring (bicyclic) bond motifs is 3. The Morgan fingerprint density at radius 2 is 1.87 bits per heavy atom. The predicted molar refractivity (Wildman–Crippen MR) is 124 cm³/mol. The molecule has 0 spiro atoms. The number of carbonyl (C=O) groups excluding carboxylic acids is 1. The lowest BCUT2D eigenvalue weighted by atomic mass is 9.84. The number of hydrogen-bond acceptors (Lipinski definition) is 3. The van der Waals surface area contributed by atoms with Gasteiger partial charge in [0.2, 0.25) is 0 Å². The van der Waals surface area contributed by atoms with Crippen molar-refractivity contribution in [3.8, 4) is 0 Å². The maximum Gasteiger partial charge on any atom is 0.287 e. The summed E-state index contributed by atoms with van der Waals surface area (Å²) < 4.78 is 6.06. The van der Waals surface area contributed by atoms with E-state index >= 15 is 0 Å². The third kappa shape index (κ3) is 3.90. The fourth-order valence-electron chi connectivity index (χ4n) is 5.56. The zero-order valence-corrected chi connectivity index (χ0v) is 18.3. The van der Waals surface area contributed by atoms with Crippen LogP contribution >= 0.6 is 11.8 Å². The minimum atomic E-state index is -0.0585. The Bertz CT molecular complexity index is 1030. The molecule has 2 aliphatic carbocycles. The van der Waals surface area contributed by atoms with Crippen LogP contribution in [0.4, 0.5) is 0 Å². The Labute approximate surface area is 182 Å². The first-order chi connectivity index (χ1) is 14.7. The van der Waals surface area contributed by atoms with Crippen molar-refractivity contribution in [3.63, 3.8) is 0 Å². The average molecular weight is 420 g/mol. The highest BCUT2D eigenvalue weighted by atomic mass is 32.2. The van der Waals surface area contributed by atoms with Crippen LogP contribution in [0.15, 0.2) is 59.0 Å². The van der Waals surface area contributed by atoms with Crippen LogP contribution < -0.4 is 5.32 Å². The molecule has 1 N–H and O–H groups in total. The molecule has 1 amide bonds. The number of nitrogens with one attached hydrogen (secondary N) is 1. The van der Waals surface area contributed by atoms with E-state index in [0.29, 0.717) is 11.7 Å². The van der Waals surface area contributed by atoms with Crippen molar-refractivity contribution in [2.75, 3.05) is 0 Å². The second-order valence-electron chi connectivity index (χ2n) is 8.99. The maximum absolute atomic E-state index is 13.2. The Morgan fingerprint density at radius 1 is 1.07 bits per heavy atom. The molecule has 2 fully saturated rings. The van der Waals surface area contributed by atoms with E-state index in [0.717, 1.165) is 39.9 Å². The van der Waals surface area contributed by atoms with Crippen molar-refractivity contribution < 1.29 is 9.21 Å². The van der Waals surface area contributed by atoms with Gasteiger partial charge >= 0.3 is 0 Å². The molecular formula is C26H29NO2S. The van der Waals surface area contributed by atoms with Crippen LogP contribution in [-0.4, -0.2) is 11.9 Å². The first-order valence-electron chi connectivity index (χ1n) is 11.1. The van der Waals surface area contributed by atoms with Gasteiger partial charge in [0, 0.05) is 28.5 Å². The number of benzene rings is 2. The topological polar surface area (TPSA) is 42.2 Å². The van der Waals surface area contributed by atoms with Crippen molar-refractivity contribution in [2.45, 2.75) is 50.2 Å². The summed E-state index contributed by atoms with van der Waals surface area (Å²) in [4.78, 5) is 13.2. The summed E-state index contributed by atoms with van der Waals surface area (Å²) >= 11 is 1.82. The zero-order chi connectivity index (χ0) is 20.5. The van der Waals surface area contributed by atoms with Crippen LogP contribution in [0.1, 0.15) is 54.3 Å². The number of thioether (sulfide) groups is 1. The average Bonchev–Trinajstić information content (AvgIpc) is 3.49. The summed E-state index contributed by atoms with van der Waals surface area (Å²) in [6.07, 6.45) is 5.35. The fraction of sp³-hybridized carbons (Fsp3) is 0.423. The monoisotopic (exact) mass is 419 g/mol. The van der Waals surface area contributed by atoms with Crippen LogP contribution in [0.25, 0.3) is 11.0 Å². The first-order valence-corrected chi connectivity index (χ1v) is 12.3. The molecule has 3 nitrogen and oxygen atoms in total. The molecule has 3 aromatic rings. The Hall–Kier alpha value is -2.20. The van der Waals surface area contributed by atoms with Gasteiger partial charge < -0.3 is 9.73 Å². The summed E-state index contributed by atoms with van der Waals surface area (Å²) in [7, 11) is 0. The van der Waals surface area contributed by atoms with Gasteiger partial charge in [0.25, 0.3) is 5.91 Å². The summed E-state index contributed by atoms with van der Waals surface area (Å²) in [5, 5.41) is 4.34. The molecule has 2 aliphatic rings. The van der Waals surface area contributed by atoms with Crippen LogP contribution in [0.2, 0.25) is 0 Å². The van der Waals surface area contributed by atoms with E-state index in [1.54, 1.807) is 0 Å². The van der Waals surface area contributed by atoms with Gasteiger partial charge in [0.1, 0.15) is 5.58 Å². The fourth-order valence-corrected chi connectivity index (χ4v) is 6.58. The second-order valence-corrected chi connectivity index (χ2v) is 9.97. The van der Waals surface area contributed by atoms with E-state index in [-0.39, 0.29) is 11.9 Å². The van der Waals surface area contributed by atoms with Crippen molar-refractivity contribution in [3.05, 3.63) is 71.5 Å². The van der Waals surface area contributed by atoms with Gasteiger partial charge in [0.05, 0.1) is 0 Å². The van der Waals surface area contributed by atoms with E-state index in [9.17, 15) is 4.79 Å². The van der Waals surface area contributed by atoms with Crippen molar-refractivity contribution >= 4 is 28.6 Å².